The first-order valence-corrected chi connectivity index (χ1v) is 8.67. The fourth-order valence-electron chi connectivity index (χ4n) is 3.41. The number of anilines is 1. The van der Waals surface area contributed by atoms with Gasteiger partial charge in [0, 0.05) is 6.04 Å². The Hall–Kier alpha value is -2.51. The summed E-state index contributed by atoms with van der Waals surface area (Å²) in [6.45, 7) is 2.70. The second kappa shape index (κ2) is 6.54. The first-order chi connectivity index (χ1) is 11.8. The molecule has 1 fully saturated rings. The van der Waals surface area contributed by atoms with Crippen LogP contribution in [0.25, 0.3) is 5.65 Å². The van der Waals surface area contributed by atoms with Crippen molar-refractivity contribution in [1.82, 2.24) is 34.6 Å². The van der Waals surface area contributed by atoms with E-state index in [9.17, 15) is 0 Å². The summed E-state index contributed by atoms with van der Waals surface area (Å²) in [5.74, 6) is 0.967. The van der Waals surface area contributed by atoms with Crippen LogP contribution in [-0.4, -0.2) is 34.6 Å². The zero-order chi connectivity index (χ0) is 16.4. The summed E-state index contributed by atoms with van der Waals surface area (Å²) in [5, 5.41) is 24.4. The van der Waals surface area contributed by atoms with E-state index in [4.69, 9.17) is 0 Å². The lowest BCUT2D eigenvalue weighted by Gasteiger charge is -2.24. The largest absolute Gasteiger partial charge is 0.375 e. The van der Waals surface area contributed by atoms with E-state index >= 15 is 0 Å². The molecule has 3 aromatic heterocycles. The smallest absolute Gasteiger partial charge is 0.200 e. The van der Waals surface area contributed by atoms with Gasteiger partial charge in [0.25, 0.3) is 0 Å². The zero-order valence-corrected chi connectivity index (χ0v) is 13.9. The molecule has 0 amide bonds. The number of rotatable bonds is 5. The molecule has 3 aromatic rings. The lowest BCUT2D eigenvalue weighted by atomic mass is 9.95. The summed E-state index contributed by atoms with van der Waals surface area (Å²) in [4.78, 5) is 0. The van der Waals surface area contributed by atoms with Crippen molar-refractivity contribution in [2.24, 2.45) is 0 Å². The Kier molecular flexibility index (Phi) is 4.10. The van der Waals surface area contributed by atoms with Gasteiger partial charge in [-0.05, 0) is 25.3 Å². The van der Waals surface area contributed by atoms with Crippen LogP contribution in [0.5, 0.6) is 0 Å². The van der Waals surface area contributed by atoms with Crippen molar-refractivity contribution in [3.05, 3.63) is 30.2 Å². The van der Waals surface area contributed by atoms with Crippen LogP contribution in [0.2, 0.25) is 0 Å². The molecule has 0 saturated heterocycles. The molecule has 24 heavy (non-hydrogen) atoms. The molecule has 0 atom stereocenters. The molecule has 4 rings (SSSR count). The summed E-state index contributed by atoms with van der Waals surface area (Å²) >= 11 is 0. The first-order valence-electron chi connectivity index (χ1n) is 8.67. The van der Waals surface area contributed by atoms with Gasteiger partial charge in [-0.2, -0.15) is 9.61 Å². The third-order valence-corrected chi connectivity index (χ3v) is 4.73. The van der Waals surface area contributed by atoms with Crippen LogP contribution >= 0.6 is 0 Å². The van der Waals surface area contributed by atoms with Crippen molar-refractivity contribution >= 4 is 11.3 Å². The average molecular weight is 326 g/mol. The number of nitrogens with zero attached hydrogens (tertiary/aromatic N) is 7. The van der Waals surface area contributed by atoms with E-state index in [0.29, 0.717) is 12.6 Å². The molecule has 126 valence electrons. The molecule has 8 heteroatoms. The summed E-state index contributed by atoms with van der Waals surface area (Å²) in [7, 11) is 0. The molecular weight excluding hydrogens is 304 g/mol. The maximum Gasteiger partial charge on any atom is 0.200 e. The Morgan fingerprint density at radius 3 is 2.79 bits per heavy atom. The van der Waals surface area contributed by atoms with Gasteiger partial charge in [0.1, 0.15) is 12.7 Å². The number of aromatic nitrogens is 7. The summed E-state index contributed by atoms with van der Waals surface area (Å²) in [5.41, 5.74) is 2.66. The Morgan fingerprint density at radius 1 is 1.12 bits per heavy atom. The van der Waals surface area contributed by atoms with Gasteiger partial charge >= 0.3 is 0 Å². The SMILES string of the molecule is CCc1cc(NCc2nncn2C2CCCCC2)c2nncn2n1. The van der Waals surface area contributed by atoms with Crippen LogP contribution in [0, 0.1) is 0 Å². The van der Waals surface area contributed by atoms with Gasteiger partial charge in [-0.1, -0.05) is 26.2 Å². The van der Waals surface area contributed by atoms with E-state index in [2.05, 4.69) is 42.3 Å². The lowest BCUT2D eigenvalue weighted by molar-refractivity contribution is 0.346. The van der Waals surface area contributed by atoms with Gasteiger partial charge in [-0.15, -0.1) is 20.4 Å². The van der Waals surface area contributed by atoms with Crippen LogP contribution in [-0.2, 0) is 13.0 Å². The van der Waals surface area contributed by atoms with E-state index in [-0.39, 0.29) is 0 Å². The van der Waals surface area contributed by atoms with E-state index in [0.717, 1.165) is 29.3 Å². The normalized spacial score (nSPS) is 15.9. The topological polar surface area (TPSA) is 85.8 Å². The minimum absolute atomic E-state index is 0.530. The maximum atomic E-state index is 4.47. The van der Waals surface area contributed by atoms with Crippen LogP contribution < -0.4 is 5.32 Å². The number of fused-ring (bicyclic) bond motifs is 1. The predicted octanol–water partition coefficient (Wildman–Crippen LogP) is 2.40. The molecular formula is C16H22N8. The van der Waals surface area contributed by atoms with E-state index in [1.807, 2.05) is 12.4 Å². The molecule has 0 aliphatic heterocycles. The van der Waals surface area contributed by atoms with Crippen molar-refractivity contribution in [3.63, 3.8) is 0 Å². The first kappa shape index (κ1) is 15.0. The molecule has 3 heterocycles. The number of hydrogen-bond donors (Lipinski definition) is 1. The van der Waals surface area contributed by atoms with Crippen LogP contribution in [0.3, 0.4) is 0 Å². The molecule has 1 N–H and O–H groups in total. The highest BCUT2D eigenvalue weighted by Crippen LogP contribution is 2.28. The van der Waals surface area contributed by atoms with Crippen LogP contribution in [0.15, 0.2) is 18.7 Å². The standard InChI is InChI=1S/C16H22N8/c1-2-12-8-14(16-21-19-11-24(16)22-12)17-9-15-20-18-10-23(15)13-6-4-3-5-7-13/h8,10-11,13,17H,2-7,9H2,1H3. The molecule has 1 saturated carbocycles. The number of hydrogen-bond acceptors (Lipinski definition) is 6. The second-order valence-electron chi connectivity index (χ2n) is 6.30. The van der Waals surface area contributed by atoms with Crippen molar-refractivity contribution in [3.8, 4) is 0 Å². The van der Waals surface area contributed by atoms with Gasteiger partial charge < -0.3 is 9.88 Å². The maximum absolute atomic E-state index is 4.47. The van der Waals surface area contributed by atoms with Crippen molar-refractivity contribution < 1.29 is 0 Å². The zero-order valence-electron chi connectivity index (χ0n) is 13.9. The van der Waals surface area contributed by atoms with Gasteiger partial charge in [-0.25, -0.2) is 0 Å². The van der Waals surface area contributed by atoms with Crippen LogP contribution in [0.1, 0.15) is 56.6 Å². The minimum Gasteiger partial charge on any atom is -0.375 e. The summed E-state index contributed by atoms with van der Waals surface area (Å²) < 4.78 is 3.95. The Bertz CT molecular complexity index is 814. The van der Waals surface area contributed by atoms with Gasteiger partial charge in [0.2, 0.25) is 5.65 Å². The Balaban J connectivity index is 1.55. The molecule has 8 nitrogen and oxygen atoms in total. The van der Waals surface area contributed by atoms with Gasteiger partial charge in [0.15, 0.2) is 5.82 Å². The van der Waals surface area contributed by atoms with Crippen LogP contribution in [0.4, 0.5) is 5.69 Å². The molecule has 0 aromatic carbocycles. The average Bonchev–Trinajstić information content (AvgIpc) is 3.29. The fourth-order valence-corrected chi connectivity index (χ4v) is 3.41. The molecule has 0 radical (unpaired) electrons. The highest BCUT2D eigenvalue weighted by Gasteiger charge is 2.18. The number of nitrogens with one attached hydrogen (secondary N) is 1. The van der Waals surface area contributed by atoms with Gasteiger partial charge in [0.05, 0.1) is 17.9 Å². The third kappa shape index (κ3) is 2.83. The summed E-state index contributed by atoms with van der Waals surface area (Å²) in [6.07, 6.45) is 10.7. The highest BCUT2D eigenvalue weighted by atomic mass is 15.4. The second-order valence-corrected chi connectivity index (χ2v) is 6.30. The predicted molar refractivity (Wildman–Crippen MR) is 89.6 cm³/mol. The van der Waals surface area contributed by atoms with Crippen molar-refractivity contribution in [2.75, 3.05) is 5.32 Å². The Labute approximate surface area is 140 Å². The van der Waals surface area contributed by atoms with Crippen molar-refractivity contribution in [1.29, 1.82) is 0 Å². The Morgan fingerprint density at radius 2 is 1.96 bits per heavy atom. The van der Waals surface area contributed by atoms with E-state index in [1.54, 1.807) is 10.8 Å². The molecule has 0 spiro atoms. The lowest BCUT2D eigenvalue weighted by Crippen LogP contribution is -2.17. The minimum atomic E-state index is 0.530. The quantitative estimate of drug-likeness (QED) is 0.775. The molecule has 0 unspecified atom stereocenters. The highest BCUT2D eigenvalue weighted by molar-refractivity contribution is 5.66. The third-order valence-electron chi connectivity index (χ3n) is 4.73. The molecule has 0 bridgehead atoms. The molecule has 1 aliphatic carbocycles. The van der Waals surface area contributed by atoms with Crippen molar-refractivity contribution in [2.45, 2.75) is 58.0 Å². The fraction of sp³-hybridized carbons (Fsp3) is 0.562. The summed E-state index contributed by atoms with van der Waals surface area (Å²) in [6, 6.07) is 2.56. The van der Waals surface area contributed by atoms with E-state index < -0.39 is 0 Å². The van der Waals surface area contributed by atoms with Gasteiger partial charge in [-0.3, -0.25) is 0 Å². The number of aryl methyl sites for hydroxylation is 1. The monoisotopic (exact) mass is 326 g/mol. The van der Waals surface area contributed by atoms with E-state index in [1.165, 1.54) is 32.1 Å². The molecule has 1 aliphatic rings.